The van der Waals surface area contributed by atoms with E-state index >= 15 is 0 Å². The second-order valence-electron chi connectivity index (χ2n) is 3.30. The molecule has 0 atom stereocenters. The van der Waals surface area contributed by atoms with Crippen LogP contribution in [0.1, 0.15) is 0 Å². The fraction of sp³-hybridized carbons (Fsp3) is 0.455. The maximum atomic E-state index is 11.8. The Hall–Kier alpha value is -1.11. The Morgan fingerprint density at radius 2 is 1.82 bits per heavy atom. The van der Waals surface area contributed by atoms with Crippen LogP contribution in [-0.4, -0.2) is 58.1 Å². The molecule has 1 aromatic rings. The molecule has 0 bridgehead atoms. The van der Waals surface area contributed by atoms with Crippen LogP contribution in [0.3, 0.4) is 0 Å². The molecular weight excluding hydrogens is 240 g/mol. The van der Waals surface area contributed by atoms with Gasteiger partial charge in [-0.3, -0.25) is 9.78 Å². The molecule has 0 spiro atoms. The third-order valence-corrected chi connectivity index (χ3v) is 3.10. The third-order valence-electron chi connectivity index (χ3n) is 2.10. The number of thioether (sulfide) groups is 1. The highest BCUT2D eigenvalue weighted by Crippen LogP contribution is 2.16. The van der Waals surface area contributed by atoms with E-state index in [1.807, 2.05) is 12.1 Å². The van der Waals surface area contributed by atoms with E-state index in [0.717, 1.165) is 4.90 Å². The predicted molar refractivity (Wildman–Crippen MR) is 65.7 cm³/mol. The second kappa shape index (κ2) is 8.05. The third kappa shape index (κ3) is 5.16. The minimum Gasteiger partial charge on any atom is -0.395 e. The summed E-state index contributed by atoms with van der Waals surface area (Å²) in [6, 6.07) is 3.67. The Labute approximate surface area is 104 Å². The van der Waals surface area contributed by atoms with Gasteiger partial charge in [0.2, 0.25) is 5.91 Å². The minimum atomic E-state index is -0.0916. The van der Waals surface area contributed by atoms with Gasteiger partial charge in [0.05, 0.1) is 19.0 Å². The van der Waals surface area contributed by atoms with Gasteiger partial charge in [-0.15, -0.1) is 11.8 Å². The summed E-state index contributed by atoms with van der Waals surface area (Å²) in [5.41, 5.74) is 0. The molecule has 0 radical (unpaired) electrons. The van der Waals surface area contributed by atoms with Crippen molar-refractivity contribution >= 4 is 17.7 Å². The molecule has 1 aromatic heterocycles. The lowest BCUT2D eigenvalue weighted by atomic mass is 10.4. The topological polar surface area (TPSA) is 73.7 Å². The van der Waals surface area contributed by atoms with Crippen LogP contribution in [-0.2, 0) is 4.79 Å². The average Bonchev–Trinajstić information content (AvgIpc) is 2.37. The van der Waals surface area contributed by atoms with Gasteiger partial charge in [-0.1, -0.05) is 0 Å². The first-order valence-corrected chi connectivity index (χ1v) is 6.29. The number of rotatable bonds is 7. The van der Waals surface area contributed by atoms with Gasteiger partial charge in [0.15, 0.2) is 0 Å². The Bertz CT molecular complexity index is 329. The van der Waals surface area contributed by atoms with Crippen molar-refractivity contribution in [3.05, 3.63) is 24.5 Å². The minimum absolute atomic E-state index is 0.0880. The van der Waals surface area contributed by atoms with Gasteiger partial charge in [-0.25, -0.2) is 0 Å². The first kappa shape index (κ1) is 14.0. The highest BCUT2D eigenvalue weighted by atomic mass is 32.2. The lowest BCUT2D eigenvalue weighted by molar-refractivity contribution is -0.129. The lowest BCUT2D eigenvalue weighted by Crippen LogP contribution is -2.37. The number of hydrogen-bond donors (Lipinski definition) is 2. The van der Waals surface area contributed by atoms with Gasteiger partial charge in [-0.05, 0) is 12.1 Å². The van der Waals surface area contributed by atoms with E-state index in [1.54, 1.807) is 12.4 Å². The molecule has 0 aromatic carbocycles. The normalized spacial score (nSPS) is 10.2. The van der Waals surface area contributed by atoms with Crippen molar-refractivity contribution in [1.29, 1.82) is 0 Å². The monoisotopic (exact) mass is 256 g/mol. The number of aromatic nitrogens is 1. The molecule has 94 valence electrons. The number of hydrogen-bond acceptors (Lipinski definition) is 5. The van der Waals surface area contributed by atoms with Crippen LogP contribution >= 0.6 is 11.8 Å². The molecule has 2 N–H and O–H groups in total. The predicted octanol–water partition coefficient (Wildman–Crippen LogP) is -0.0131. The molecule has 0 unspecified atom stereocenters. The van der Waals surface area contributed by atoms with E-state index in [0.29, 0.717) is 5.75 Å². The fourth-order valence-electron chi connectivity index (χ4n) is 1.27. The maximum Gasteiger partial charge on any atom is 0.233 e. The van der Waals surface area contributed by atoms with Crippen LogP contribution in [0.15, 0.2) is 29.4 Å². The number of pyridine rings is 1. The number of nitrogens with zero attached hydrogens (tertiary/aromatic N) is 2. The van der Waals surface area contributed by atoms with Crippen LogP contribution in [0.4, 0.5) is 0 Å². The first-order chi connectivity index (χ1) is 8.27. The molecule has 1 heterocycles. The van der Waals surface area contributed by atoms with Crippen LogP contribution in [0.25, 0.3) is 0 Å². The standard InChI is InChI=1S/C11H16N2O3S/c14-7-5-13(6-8-15)11(16)9-17-10-1-3-12-4-2-10/h1-4,14-15H,5-9H2. The molecule has 0 saturated carbocycles. The van der Waals surface area contributed by atoms with Gasteiger partial charge >= 0.3 is 0 Å². The molecule has 5 nitrogen and oxygen atoms in total. The zero-order valence-corrected chi connectivity index (χ0v) is 10.3. The van der Waals surface area contributed by atoms with Crippen molar-refractivity contribution in [2.75, 3.05) is 32.1 Å². The molecule has 0 fully saturated rings. The summed E-state index contributed by atoms with van der Waals surface area (Å²) in [6.45, 7) is 0.337. The Kier molecular flexibility index (Phi) is 6.61. The summed E-state index contributed by atoms with van der Waals surface area (Å²) < 4.78 is 0. The highest BCUT2D eigenvalue weighted by Gasteiger charge is 2.12. The van der Waals surface area contributed by atoms with Crippen molar-refractivity contribution in [1.82, 2.24) is 9.88 Å². The number of carbonyl (C=O) groups is 1. The maximum absolute atomic E-state index is 11.8. The van der Waals surface area contributed by atoms with Crippen LogP contribution in [0.5, 0.6) is 0 Å². The number of aliphatic hydroxyl groups is 2. The average molecular weight is 256 g/mol. The molecule has 0 aliphatic rings. The molecule has 1 rings (SSSR count). The molecule has 0 aliphatic heterocycles. The summed E-state index contributed by atoms with van der Waals surface area (Å²) in [4.78, 5) is 18.1. The van der Waals surface area contributed by atoms with E-state index < -0.39 is 0 Å². The van der Waals surface area contributed by atoms with Crippen LogP contribution in [0.2, 0.25) is 0 Å². The summed E-state index contributed by atoms with van der Waals surface area (Å²) in [6.07, 6.45) is 3.35. The van der Waals surface area contributed by atoms with E-state index in [4.69, 9.17) is 10.2 Å². The van der Waals surface area contributed by atoms with Crippen molar-refractivity contribution < 1.29 is 15.0 Å². The van der Waals surface area contributed by atoms with Gasteiger partial charge in [-0.2, -0.15) is 0 Å². The largest absolute Gasteiger partial charge is 0.395 e. The zero-order chi connectivity index (χ0) is 12.5. The quantitative estimate of drug-likeness (QED) is 0.671. The number of aliphatic hydroxyl groups excluding tert-OH is 2. The Morgan fingerprint density at radius 1 is 1.24 bits per heavy atom. The van der Waals surface area contributed by atoms with E-state index in [2.05, 4.69) is 4.98 Å². The fourth-order valence-corrected chi connectivity index (χ4v) is 2.06. The van der Waals surface area contributed by atoms with Gasteiger partial charge in [0, 0.05) is 30.4 Å². The number of carbonyl (C=O) groups excluding carboxylic acids is 1. The Morgan fingerprint density at radius 3 is 2.35 bits per heavy atom. The van der Waals surface area contributed by atoms with Crippen molar-refractivity contribution in [3.63, 3.8) is 0 Å². The molecule has 6 heteroatoms. The van der Waals surface area contributed by atoms with Gasteiger partial charge in [0.1, 0.15) is 0 Å². The summed E-state index contributed by atoms with van der Waals surface area (Å²) >= 11 is 1.41. The van der Waals surface area contributed by atoms with Crippen molar-refractivity contribution in [2.24, 2.45) is 0 Å². The SMILES string of the molecule is O=C(CSc1ccncc1)N(CCO)CCO. The van der Waals surface area contributed by atoms with E-state index in [-0.39, 0.29) is 32.2 Å². The molecule has 0 saturated heterocycles. The van der Waals surface area contributed by atoms with Crippen LogP contribution in [0, 0.1) is 0 Å². The number of amides is 1. The molecule has 17 heavy (non-hydrogen) atoms. The van der Waals surface area contributed by atoms with Gasteiger partial charge < -0.3 is 15.1 Å². The zero-order valence-electron chi connectivity index (χ0n) is 9.45. The van der Waals surface area contributed by atoms with Gasteiger partial charge in [0.25, 0.3) is 0 Å². The summed E-state index contributed by atoms with van der Waals surface area (Å²) in [5.74, 6) is 0.208. The summed E-state index contributed by atoms with van der Waals surface area (Å²) in [5, 5.41) is 17.6. The molecular formula is C11H16N2O3S. The van der Waals surface area contributed by atoms with E-state index in [1.165, 1.54) is 16.7 Å². The van der Waals surface area contributed by atoms with Crippen molar-refractivity contribution in [3.8, 4) is 0 Å². The second-order valence-corrected chi connectivity index (χ2v) is 4.35. The van der Waals surface area contributed by atoms with Crippen molar-refractivity contribution in [2.45, 2.75) is 4.90 Å². The molecule has 1 amide bonds. The summed E-state index contributed by atoms with van der Waals surface area (Å²) in [7, 11) is 0. The Balaban J connectivity index is 2.41. The lowest BCUT2D eigenvalue weighted by Gasteiger charge is -2.20. The van der Waals surface area contributed by atoms with E-state index in [9.17, 15) is 4.79 Å². The first-order valence-electron chi connectivity index (χ1n) is 5.30. The van der Waals surface area contributed by atoms with Crippen LogP contribution < -0.4 is 0 Å². The molecule has 0 aliphatic carbocycles. The smallest absolute Gasteiger partial charge is 0.233 e. The highest BCUT2D eigenvalue weighted by molar-refractivity contribution is 8.00.